The van der Waals surface area contributed by atoms with E-state index in [-0.39, 0.29) is 23.4 Å². The number of hydrogen-bond donors (Lipinski definition) is 1. The summed E-state index contributed by atoms with van der Waals surface area (Å²) in [6.45, 7) is 2.37. The second kappa shape index (κ2) is 9.81. The molecule has 162 valence electrons. The fraction of sp³-hybridized carbons (Fsp3) is 0.409. The molecule has 0 aromatic heterocycles. The molecule has 0 aliphatic heterocycles. The number of hydrogen-bond acceptors (Lipinski definition) is 4. The lowest BCUT2D eigenvalue weighted by Gasteiger charge is -2.20. The van der Waals surface area contributed by atoms with E-state index in [9.17, 15) is 13.2 Å². The van der Waals surface area contributed by atoms with Crippen molar-refractivity contribution >= 4 is 27.5 Å². The molecule has 0 atom stereocenters. The van der Waals surface area contributed by atoms with Crippen molar-refractivity contribution < 1.29 is 17.9 Å². The average Bonchev–Trinajstić information content (AvgIpc) is 3.22. The molecule has 1 amide bonds. The van der Waals surface area contributed by atoms with E-state index in [1.807, 2.05) is 6.92 Å². The summed E-state index contributed by atoms with van der Waals surface area (Å²) in [6, 6.07) is 11.4. The molecular formula is C22H27ClN2O4S. The number of nitrogens with zero attached hydrogens (tertiary/aromatic N) is 1. The molecule has 8 heteroatoms. The van der Waals surface area contributed by atoms with Gasteiger partial charge in [0.1, 0.15) is 5.75 Å². The van der Waals surface area contributed by atoms with Gasteiger partial charge in [-0.05, 0) is 62.2 Å². The summed E-state index contributed by atoms with van der Waals surface area (Å²) in [5.41, 5.74) is 1.13. The zero-order valence-corrected chi connectivity index (χ0v) is 18.8. The van der Waals surface area contributed by atoms with Crippen LogP contribution < -0.4 is 10.1 Å². The Bertz CT molecular complexity index is 987. The Morgan fingerprint density at radius 1 is 1.17 bits per heavy atom. The molecular weight excluding hydrogens is 424 g/mol. The van der Waals surface area contributed by atoms with Gasteiger partial charge in [-0.15, -0.1) is 0 Å². The topological polar surface area (TPSA) is 75.7 Å². The van der Waals surface area contributed by atoms with Gasteiger partial charge in [-0.25, -0.2) is 8.42 Å². The van der Waals surface area contributed by atoms with E-state index in [0.29, 0.717) is 28.5 Å². The number of amides is 1. The molecule has 1 saturated carbocycles. The molecule has 0 spiro atoms. The van der Waals surface area contributed by atoms with E-state index in [2.05, 4.69) is 5.32 Å². The number of sulfonamides is 1. The molecule has 6 nitrogen and oxygen atoms in total. The van der Waals surface area contributed by atoms with E-state index in [4.69, 9.17) is 16.3 Å². The summed E-state index contributed by atoms with van der Waals surface area (Å²) in [6.07, 6.45) is 4.26. The molecule has 0 heterocycles. The Morgan fingerprint density at radius 2 is 1.83 bits per heavy atom. The minimum atomic E-state index is -3.72. The summed E-state index contributed by atoms with van der Waals surface area (Å²) in [4.78, 5) is 12.8. The van der Waals surface area contributed by atoms with Crippen molar-refractivity contribution in [3.05, 3.63) is 58.6 Å². The van der Waals surface area contributed by atoms with Crippen LogP contribution in [-0.4, -0.2) is 38.3 Å². The maximum atomic E-state index is 12.9. The van der Waals surface area contributed by atoms with E-state index >= 15 is 0 Å². The third-order valence-corrected chi connectivity index (χ3v) is 7.30. The van der Waals surface area contributed by atoms with Crippen molar-refractivity contribution in [1.29, 1.82) is 0 Å². The summed E-state index contributed by atoms with van der Waals surface area (Å²) in [5, 5.41) is 3.53. The molecule has 2 aromatic carbocycles. The van der Waals surface area contributed by atoms with E-state index < -0.39 is 10.0 Å². The van der Waals surface area contributed by atoms with Crippen molar-refractivity contribution in [3.63, 3.8) is 0 Å². The Balaban J connectivity index is 1.83. The zero-order valence-electron chi connectivity index (χ0n) is 17.2. The van der Waals surface area contributed by atoms with Crippen molar-refractivity contribution in [2.75, 3.05) is 13.7 Å². The SMILES string of the molecule is CCOc1ccc(C(=O)NC2CCCC2)cc1CN(C)S(=O)(=O)c1ccc(Cl)cc1. The molecule has 1 fully saturated rings. The van der Waals surface area contributed by atoms with E-state index in [1.165, 1.54) is 23.5 Å². The highest BCUT2D eigenvalue weighted by molar-refractivity contribution is 7.89. The molecule has 2 aromatic rings. The summed E-state index contributed by atoms with van der Waals surface area (Å²) >= 11 is 5.87. The molecule has 0 unspecified atom stereocenters. The van der Waals surface area contributed by atoms with Crippen molar-refractivity contribution in [3.8, 4) is 5.75 Å². The summed E-state index contributed by atoms with van der Waals surface area (Å²) in [7, 11) is -2.21. The Labute approximate surface area is 183 Å². The fourth-order valence-corrected chi connectivity index (χ4v) is 4.87. The van der Waals surface area contributed by atoms with Crippen LogP contribution in [0.5, 0.6) is 5.75 Å². The van der Waals surface area contributed by atoms with Gasteiger partial charge < -0.3 is 10.1 Å². The largest absolute Gasteiger partial charge is 0.494 e. The number of ether oxygens (including phenoxy) is 1. The van der Waals surface area contributed by atoms with Crippen molar-refractivity contribution in [1.82, 2.24) is 9.62 Å². The fourth-order valence-electron chi connectivity index (χ4n) is 3.59. The number of rotatable bonds is 8. The number of carbonyl (C=O) groups excluding carboxylic acids is 1. The van der Waals surface area contributed by atoms with Crippen LogP contribution in [-0.2, 0) is 16.6 Å². The van der Waals surface area contributed by atoms with E-state index in [0.717, 1.165) is 25.7 Å². The van der Waals surface area contributed by atoms with Crippen molar-refractivity contribution in [2.45, 2.75) is 50.1 Å². The standard InChI is InChI=1S/C22H27ClN2O4S/c1-3-29-21-13-8-16(22(26)24-19-6-4-5-7-19)14-17(21)15-25(2)30(27,28)20-11-9-18(23)10-12-20/h8-14,19H,3-7,15H2,1-2H3,(H,24,26). The van der Waals surface area contributed by atoms with Crippen LogP contribution >= 0.6 is 11.6 Å². The molecule has 1 N–H and O–H groups in total. The first-order chi connectivity index (χ1) is 14.3. The highest BCUT2D eigenvalue weighted by Gasteiger charge is 2.23. The zero-order chi connectivity index (χ0) is 21.7. The predicted molar refractivity (Wildman–Crippen MR) is 117 cm³/mol. The lowest BCUT2D eigenvalue weighted by atomic mass is 10.1. The van der Waals surface area contributed by atoms with Crippen LogP contribution in [0, 0.1) is 0 Å². The van der Waals surface area contributed by atoms with Crippen molar-refractivity contribution in [2.24, 2.45) is 0 Å². The number of carbonyl (C=O) groups is 1. The summed E-state index contributed by atoms with van der Waals surface area (Å²) < 4.78 is 32.8. The van der Waals surface area contributed by atoms with Gasteiger partial charge in [0.05, 0.1) is 11.5 Å². The first-order valence-electron chi connectivity index (χ1n) is 10.1. The first-order valence-corrected chi connectivity index (χ1v) is 11.9. The molecule has 1 aliphatic carbocycles. The van der Waals surface area contributed by atoms with Gasteiger partial charge in [0, 0.05) is 35.8 Å². The second-order valence-corrected chi connectivity index (χ2v) is 9.91. The Kier molecular flexibility index (Phi) is 7.39. The smallest absolute Gasteiger partial charge is 0.251 e. The third-order valence-electron chi connectivity index (χ3n) is 5.23. The van der Waals surface area contributed by atoms with Crippen LogP contribution in [0.2, 0.25) is 5.02 Å². The Hall–Kier alpha value is -2.09. The third kappa shape index (κ3) is 5.33. The van der Waals surface area contributed by atoms with Gasteiger partial charge in [0.25, 0.3) is 5.91 Å². The first kappa shape index (κ1) is 22.6. The van der Waals surface area contributed by atoms with E-state index in [1.54, 1.807) is 30.3 Å². The maximum absolute atomic E-state index is 12.9. The Morgan fingerprint density at radius 3 is 2.47 bits per heavy atom. The monoisotopic (exact) mass is 450 g/mol. The van der Waals surface area contributed by atoms with Gasteiger partial charge in [0.15, 0.2) is 0 Å². The van der Waals surface area contributed by atoms with Crippen LogP contribution in [0.15, 0.2) is 47.4 Å². The molecule has 0 bridgehead atoms. The molecule has 30 heavy (non-hydrogen) atoms. The minimum Gasteiger partial charge on any atom is -0.494 e. The van der Waals surface area contributed by atoms with Gasteiger partial charge in [-0.2, -0.15) is 4.31 Å². The quantitative estimate of drug-likeness (QED) is 0.652. The van der Waals surface area contributed by atoms with Gasteiger partial charge in [-0.3, -0.25) is 4.79 Å². The molecule has 0 radical (unpaired) electrons. The minimum absolute atomic E-state index is 0.0742. The normalized spacial score (nSPS) is 14.8. The lowest BCUT2D eigenvalue weighted by Crippen LogP contribution is -2.32. The molecule has 3 rings (SSSR count). The van der Waals surface area contributed by atoms with Crippen LogP contribution in [0.3, 0.4) is 0 Å². The highest BCUT2D eigenvalue weighted by Crippen LogP contribution is 2.26. The second-order valence-electron chi connectivity index (χ2n) is 7.43. The summed E-state index contributed by atoms with van der Waals surface area (Å²) in [5.74, 6) is 0.419. The van der Waals surface area contributed by atoms with Gasteiger partial charge >= 0.3 is 0 Å². The highest BCUT2D eigenvalue weighted by atomic mass is 35.5. The van der Waals surface area contributed by atoms with Crippen LogP contribution in [0.4, 0.5) is 0 Å². The molecule has 1 aliphatic rings. The predicted octanol–water partition coefficient (Wildman–Crippen LogP) is 4.23. The number of nitrogens with one attached hydrogen (secondary N) is 1. The lowest BCUT2D eigenvalue weighted by molar-refractivity contribution is 0.0937. The number of benzene rings is 2. The van der Waals surface area contributed by atoms with Gasteiger partial charge in [-0.1, -0.05) is 24.4 Å². The van der Waals surface area contributed by atoms with Gasteiger partial charge in [0.2, 0.25) is 10.0 Å². The number of halogens is 1. The van der Waals surface area contributed by atoms with Crippen LogP contribution in [0.1, 0.15) is 48.5 Å². The average molecular weight is 451 g/mol. The van der Waals surface area contributed by atoms with Crippen LogP contribution in [0.25, 0.3) is 0 Å². The molecule has 0 saturated heterocycles. The maximum Gasteiger partial charge on any atom is 0.251 e.